The Labute approximate surface area is 165 Å². The van der Waals surface area contributed by atoms with Crippen LogP contribution in [0.15, 0.2) is 35.5 Å². The number of methoxy groups -OCH3 is 1. The van der Waals surface area contributed by atoms with Gasteiger partial charge in [0.1, 0.15) is 11.6 Å². The van der Waals surface area contributed by atoms with Gasteiger partial charge in [-0.2, -0.15) is 4.31 Å². The van der Waals surface area contributed by atoms with Crippen molar-refractivity contribution in [1.29, 1.82) is 0 Å². The maximum absolute atomic E-state index is 12.9. The van der Waals surface area contributed by atoms with Crippen molar-refractivity contribution in [3.05, 3.63) is 41.9 Å². The molecule has 1 saturated heterocycles. The fourth-order valence-electron chi connectivity index (χ4n) is 3.29. The highest BCUT2D eigenvalue weighted by Crippen LogP contribution is 2.20. The smallest absolute Gasteiger partial charge is 0.262 e. The first kappa shape index (κ1) is 20.3. The molecule has 152 valence electrons. The minimum Gasteiger partial charge on any atom is -0.496 e. The SMILES string of the molecule is COc1ccccc1CC(=O)N1CCCN(S(=O)(=O)c2cn(C)c(C)n2)CC1. The fraction of sp³-hybridized carbons (Fsp3) is 0.474. The number of aryl methyl sites for hydroxylation is 2. The Morgan fingerprint density at radius 3 is 2.61 bits per heavy atom. The van der Waals surface area contributed by atoms with Gasteiger partial charge in [-0.1, -0.05) is 18.2 Å². The quantitative estimate of drug-likeness (QED) is 0.745. The molecule has 9 heteroatoms. The summed E-state index contributed by atoms with van der Waals surface area (Å²) < 4.78 is 34.2. The highest BCUT2D eigenvalue weighted by Gasteiger charge is 2.30. The van der Waals surface area contributed by atoms with E-state index in [4.69, 9.17) is 4.74 Å². The Morgan fingerprint density at radius 2 is 1.93 bits per heavy atom. The lowest BCUT2D eigenvalue weighted by Crippen LogP contribution is -2.38. The summed E-state index contributed by atoms with van der Waals surface area (Å²) in [5.41, 5.74) is 0.827. The summed E-state index contributed by atoms with van der Waals surface area (Å²) in [6, 6.07) is 7.43. The number of carbonyl (C=O) groups is 1. The van der Waals surface area contributed by atoms with Crippen molar-refractivity contribution < 1.29 is 17.9 Å². The van der Waals surface area contributed by atoms with Crippen LogP contribution in [0.4, 0.5) is 0 Å². The van der Waals surface area contributed by atoms with Crippen molar-refractivity contribution in [3.8, 4) is 5.75 Å². The number of rotatable bonds is 5. The van der Waals surface area contributed by atoms with Crippen molar-refractivity contribution in [1.82, 2.24) is 18.8 Å². The molecule has 0 radical (unpaired) electrons. The summed E-state index contributed by atoms with van der Waals surface area (Å²) in [5, 5.41) is 0.0568. The molecule has 0 atom stereocenters. The Balaban J connectivity index is 1.68. The summed E-state index contributed by atoms with van der Waals surface area (Å²) in [5.74, 6) is 1.29. The predicted molar refractivity (Wildman–Crippen MR) is 105 cm³/mol. The van der Waals surface area contributed by atoms with Gasteiger partial charge in [-0.05, 0) is 19.4 Å². The van der Waals surface area contributed by atoms with Crippen LogP contribution in [0.5, 0.6) is 5.75 Å². The number of para-hydroxylation sites is 1. The Kier molecular flexibility index (Phi) is 6.04. The van der Waals surface area contributed by atoms with Gasteiger partial charge in [-0.25, -0.2) is 13.4 Å². The van der Waals surface area contributed by atoms with Crippen LogP contribution in [0.1, 0.15) is 17.8 Å². The molecule has 0 unspecified atom stereocenters. The minimum absolute atomic E-state index is 0.0302. The molecule has 1 aliphatic heterocycles. The van der Waals surface area contributed by atoms with E-state index in [0.29, 0.717) is 37.6 Å². The number of ether oxygens (including phenoxy) is 1. The molecule has 3 rings (SSSR count). The number of sulfonamides is 1. The summed E-state index contributed by atoms with van der Waals surface area (Å²) in [6.07, 6.45) is 2.35. The molecule has 8 nitrogen and oxygen atoms in total. The van der Waals surface area contributed by atoms with E-state index in [-0.39, 0.29) is 23.9 Å². The molecular weight excluding hydrogens is 380 g/mol. The van der Waals surface area contributed by atoms with Gasteiger partial charge in [-0.3, -0.25) is 4.79 Å². The Morgan fingerprint density at radius 1 is 1.18 bits per heavy atom. The minimum atomic E-state index is -3.66. The molecule has 1 amide bonds. The molecule has 0 N–H and O–H groups in total. The van der Waals surface area contributed by atoms with Crippen LogP contribution in [0.3, 0.4) is 0 Å². The molecule has 0 bridgehead atoms. The molecule has 28 heavy (non-hydrogen) atoms. The third-order valence-electron chi connectivity index (χ3n) is 5.03. The first-order chi connectivity index (χ1) is 13.3. The standard InChI is InChI=1S/C19H26N4O4S/c1-15-20-18(14-21(15)2)28(25,26)23-10-6-9-22(11-12-23)19(24)13-16-7-4-5-8-17(16)27-3/h4-5,7-8,14H,6,9-13H2,1-3H3. The second-order valence-corrected chi connectivity index (χ2v) is 8.75. The van der Waals surface area contributed by atoms with Gasteiger partial charge in [0.25, 0.3) is 10.0 Å². The first-order valence-electron chi connectivity index (χ1n) is 9.22. The number of benzene rings is 1. The Bertz CT molecular complexity index is 935. The molecule has 1 fully saturated rings. The molecular formula is C19H26N4O4S. The van der Waals surface area contributed by atoms with E-state index in [9.17, 15) is 13.2 Å². The van der Waals surface area contributed by atoms with Crippen molar-refractivity contribution in [3.63, 3.8) is 0 Å². The molecule has 2 heterocycles. The number of aromatic nitrogens is 2. The van der Waals surface area contributed by atoms with Crippen LogP contribution in [-0.2, 0) is 28.3 Å². The van der Waals surface area contributed by atoms with Crippen molar-refractivity contribution >= 4 is 15.9 Å². The van der Waals surface area contributed by atoms with E-state index in [0.717, 1.165) is 5.56 Å². The van der Waals surface area contributed by atoms with Crippen LogP contribution in [-0.4, -0.2) is 66.4 Å². The maximum atomic E-state index is 12.9. The third kappa shape index (κ3) is 4.20. The van der Waals surface area contributed by atoms with Crippen molar-refractivity contribution in [2.75, 3.05) is 33.3 Å². The van der Waals surface area contributed by atoms with Crippen LogP contribution in [0.2, 0.25) is 0 Å². The van der Waals surface area contributed by atoms with Gasteiger partial charge in [0.05, 0.1) is 13.5 Å². The molecule has 1 aromatic heterocycles. The van der Waals surface area contributed by atoms with Crippen LogP contribution in [0.25, 0.3) is 0 Å². The zero-order chi connectivity index (χ0) is 20.3. The zero-order valence-electron chi connectivity index (χ0n) is 16.5. The highest BCUT2D eigenvalue weighted by atomic mass is 32.2. The largest absolute Gasteiger partial charge is 0.496 e. The van der Waals surface area contributed by atoms with E-state index in [2.05, 4.69) is 4.98 Å². The number of hydrogen-bond acceptors (Lipinski definition) is 5. The lowest BCUT2D eigenvalue weighted by atomic mass is 10.1. The summed E-state index contributed by atoms with van der Waals surface area (Å²) in [7, 11) is -0.316. The van der Waals surface area contributed by atoms with E-state index in [1.54, 1.807) is 30.5 Å². The number of amides is 1. The van der Waals surface area contributed by atoms with Gasteiger partial charge in [0.15, 0.2) is 5.03 Å². The van der Waals surface area contributed by atoms with Gasteiger partial charge < -0.3 is 14.2 Å². The molecule has 0 saturated carbocycles. The normalized spacial score (nSPS) is 16.0. The molecule has 2 aromatic rings. The van der Waals surface area contributed by atoms with Crippen LogP contribution < -0.4 is 4.74 Å². The summed E-state index contributed by atoms with van der Waals surface area (Å²) in [4.78, 5) is 18.6. The third-order valence-corrected chi connectivity index (χ3v) is 6.80. The number of nitrogens with zero attached hydrogens (tertiary/aromatic N) is 4. The average molecular weight is 407 g/mol. The average Bonchev–Trinajstić information content (AvgIpc) is 2.88. The number of carbonyl (C=O) groups excluding carboxylic acids is 1. The zero-order valence-corrected chi connectivity index (χ0v) is 17.3. The monoisotopic (exact) mass is 406 g/mol. The lowest BCUT2D eigenvalue weighted by Gasteiger charge is -2.22. The van der Waals surface area contributed by atoms with Crippen LogP contribution >= 0.6 is 0 Å². The number of imidazole rings is 1. The molecule has 1 aromatic carbocycles. The van der Waals surface area contributed by atoms with Crippen molar-refractivity contribution in [2.45, 2.75) is 24.8 Å². The summed E-state index contributed by atoms with van der Waals surface area (Å²) >= 11 is 0. The topological polar surface area (TPSA) is 84.7 Å². The molecule has 0 aliphatic carbocycles. The summed E-state index contributed by atoms with van der Waals surface area (Å²) in [6.45, 7) is 3.28. The van der Waals surface area contributed by atoms with Gasteiger partial charge in [0, 0.05) is 45.0 Å². The van der Waals surface area contributed by atoms with Crippen LogP contribution in [0, 0.1) is 6.92 Å². The maximum Gasteiger partial charge on any atom is 0.262 e. The predicted octanol–water partition coefficient (Wildman–Crippen LogP) is 1.20. The van der Waals surface area contributed by atoms with Gasteiger partial charge >= 0.3 is 0 Å². The van der Waals surface area contributed by atoms with E-state index in [1.165, 1.54) is 10.5 Å². The molecule has 1 aliphatic rings. The highest BCUT2D eigenvalue weighted by molar-refractivity contribution is 7.89. The number of hydrogen-bond donors (Lipinski definition) is 0. The van der Waals surface area contributed by atoms with Crippen molar-refractivity contribution in [2.24, 2.45) is 7.05 Å². The fourth-order valence-corrected chi connectivity index (χ4v) is 4.78. The molecule has 0 spiro atoms. The van der Waals surface area contributed by atoms with Gasteiger partial charge in [0.2, 0.25) is 5.91 Å². The van der Waals surface area contributed by atoms with E-state index >= 15 is 0 Å². The second kappa shape index (κ2) is 8.32. The first-order valence-corrected chi connectivity index (χ1v) is 10.7. The second-order valence-electron chi connectivity index (χ2n) is 6.86. The van der Waals surface area contributed by atoms with E-state index < -0.39 is 10.0 Å². The van der Waals surface area contributed by atoms with Gasteiger partial charge in [-0.15, -0.1) is 0 Å². The van der Waals surface area contributed by atoms with E-state index in [1.807, 2.05) is 24.3 Å². The lowest BCUT2D eigenvalue weighted by molar-refractivity contribution is -0.130. The Hall–Kier alpha value is -2.39.